The lowest BCUT2D eigenvalue weighted by Gasteiger charge is -2.01. The molecule has 0 bridgehead atoms. The third-order valence-electron chi connectivity index (χ3n) is 3.73. The van der Waals surface area contributed by atoms with Crippen molar-refractivity contribution in [3.05, 3.63) is 81.4 Å². The third-order valence-corrected chi connectivity index (χ3v) is 5.21. The Hall–Kier alpha value is -2.47. The largest absolute Gasteiger partial charge is 0.457 e. The van der Waals surface area contributed by atoms with E-state index in [4.69, 9.17) is 27.6 Å². The van der Waals surface area contributed by atoms with Crippen molar-refractivity contribution < 1.29 is 9.21 Å². The summed E-state index contributed by atoms with van der Waals surface area (Å²) in [6, 6.07) is 18.2. The van der Waals surface area contributed by atoms with E-state index < -0.39 is 0 Å². The van der Waals surface area contributed by atoms with E-state index in [0.29, 0.717) is 37.2 Å². The number of carbonyl (C=O) groups is 1. The average Bonchev–Trinajstić information content (AvgIpc) is 3.25. The molecule has 1 fully saturated rings. The quantitative estimate of drug-likeness (QED) is 0.523. The van der Waals surface area contributed by atoms with Gasteiger partial charge < -0.3 is 9.73 Å². The number of aliphatic imine (C=N–C) groups is 1. The highest BCUT2D eigenvalue weighted by atomic mass is 35.5. The Morgan fingerprint density at radius 2 is 1.85 bits per heavy atom. The predicted molar refractivity (Wildman–Crippen MR) is 111 cm³/mol. The first-order chi connectivity index (χ1) is 13.1. The molecule has 1 amide bonds. The SMILES string of the molecule is O=C1NC(=Nc2ccccc2)S/C1=C/c1ccc(-c2cc(Cl)ccc2Cl)o1. The number of furan rings is 1. The fraction of sp³-hybridized carbons (Fsp3) is 0. The molecule has 1 aromatic heterocycles. The second kappa shape index (κ2) is 7.64. The molecule has 0 saturated carbocycles. The maximum Gasteiger partial charge on any atom is 0.264 e. The number of amides is 1. The highest BCUT2D eigenvalue weighted by Crippen LogP contribution is 2.33. The Balaban J connectivity index is 1.58. The van der Waals surface area contributed by atoms with Crippen LogP contribution in [0, 0.1) is 0 Å². The van der Waals surface area contributed by atoms with Gasteiger partial charge in [0.2, 0.25) is 0 Å². The number of halogens is 2. The molecule has 1 N–H and O–H groups in total. The first-order valence-electron chi connectivity index (χ1n) is 7.98. The lowest BCUT2D eigenvalue weighted by molar-refractivity contribution is -0.115. The molecule has 3 aromatic rings. The van der Waals surface area contributed by atoms with Gasteiger partial charge in [-0.3, -0.25) is 4.79 Å². The van der Waals surface area contributed by atoms with Gasteiger partial charge in [-0.25, -0.2) is 4.99 Å². The number of nitrogens with one attached hydrogen (secondary N) is 1. The molecule has 27 heavy (non-hydrogen) atoms. The summed E-state index contributed by atoms with van der Waals surface area (Å²) in [5.74, 6) is 0.906. The van der Waals surface area contributed by atoms with E-state index in [-0.39, 0.29) is 5.91 Å². The molecule has 0 radical (unpaired) electrons. The zero-order valence-corrected chi connectivity index (χ0v) is 16.1. The summed E-state index contributed by atoms with van der Waals surface area (Å²) >= 11 is 13.5. The first kappa shape index (κ1) is 17.9. The molecular formula is C20H12Cl2N2O2S. The first-order valence-corrected chi connectivity index (χ1v) is 9.55. The second-order valence-corrected chi connectivity index (χ2v) is 7.52. The van der Waals surface area contributed by atoms with Crippen LogP contribution >= 0.6 is 35.0 Å². The number of nitrogens with zero attached hydrogens (tertiary/aromatic N) is 1. The summed E-state index contributed by atoms with van der Waals surface area (Å²) in [5, 5.41) is 4.39. The zero-order valence-electron chi connectivity index (χ0n) is 13.8. The molecule has 1 aliphatic rings. The Labute approximate surface area is 169 Å². The van der Waals surface area contributed by atoms with Crippen molar-refractivity contribution in [2.45, 2.75) is 0 Å². The molecule has 2 aromatic carbocycles. The van der Waals surface area contributed by atoms with Gasteiger partial charge in [-0.1, -0.05) is 41.4 Å². The number of amidine groups is 1. The molecule has 1 saturated heterocycles. The monoisotopic (exact) mass is 414 g/mol. The standard InChI is InChI=1S/C20H12Cl2N2O2S/c21-12-6-8-16(22)15(10-12)17-9-7-14(26-17)11-18-19(25)24-20(27-18)23-13-4-2-1-3-5-13/h1-11H,(H,23,24,25)/b18-11+. The van der Waals surface area contributed by atoms with Gasteiger partial charge in [0.15, 0.2) is 5.17 Å². The number of benzene rings is 2. The number of rotatable bonds is 3. The minimum atomic E-state index is -0.214. The van der Waals surface area contributed by atoms with Gasteiger partial charge in [0.1, 0.15) is 11.5 Å². The van der Waals surface area contributed by atoms with Crippen LogP contribution in [0.5, 0.6) is 0 Å². The van der Waals surface area contributed by atoms with E-state index in [2.05, 4.69) is 10.3 Å². The Morgan fingerprint density at radius 3 is 2.67 bits per heavy atom. The van der Waals surface area contributed by atoms with Crippen LogP contribution < -0.4 is 5.32 Å². The van der Waals surface area contributed by atoms with E-state index in [1.807, 2.05) is 30.3 Å². The van der Waals surface area contributed by atoms with Gasteiger partial charge in [-0.05, 0) is 54.2 Å². The number of hydrogen-bond acceptors (Lipinski definition) is 4. The van der Waals surface area contributed by atoms with Gasteiger partial charge in [0.05, 0.1) is 15.6 Å². The van der Waals surface area contributed by atoms with E-state index in [0.717, 1.165) is 5.69 Å². The molecule has 4 nitrogen and oxygen atoms in total. The Bertz CT molecular complexity index is 1070. The summed E-state index contributed by atoms with van der Waals surface area (Å²) in [5.41, 5.74) is 1.47. The average molecular weight is 415 g/mol. The van der Waals surface area contributed by atoms with Gasteiger partial charge >= 0.3 is 0 Å². The van der Waals surface area contributed by atoms with E-state index in [1.54, 1.807) is 36.4 Å². The van der Waals surface area contributed by atoms with Crippen LogP contribution in [0.1, 0.15) is 5.76 Å². The topological polar surface area (TPSA) is 54.6 Å². The highest BCUT2D eigenvalue weighted by molar-refractivity contribution is 8.18. The van der Waals surface area contributed by atoms with Gasteiger partial charge in [0, 0.05) is 16.7 Å². The number of thioether (sulfide) groups is 1. The minimum absolute atomic E-state index is 0.214. The van der Waals surface area contributed by atoms with Crippen LogP contribution in [0.3, 0.4) is 0 Å². The van der Waals surface area contributed by atoms with E-state index >= 15 is 0 Å². The van der Waals surface area contributed by atoms with Crippen LogP contribution in [0.15, 0.2) is 75.0 Å². The fourth-order valence-corrected chi connectivity index (χ4v) is 3.70. The molecular weight excluding hydrogens is 403 g/mol. The summed E-state index contributed by atoms with van der Waals surface area (Å²) in [6.45, 7) is 0. The number of hydrogen-bond donors (Lipinski definition) is 1. The number of carbonyl (C=O) groups excluding carboxylic acids is 1. The third kappa shape index (κ3) is 4.11. The van der Waals surface area contributed by atoms with Crippen molar-refractivity contribution in [2.75, 3.05) is 0 Å². The molecule has 0 atom stereocenters. The van der Waals surface area contributed by atoms with Crippen LogP contribution in [-0.4, -0.2) is 11.1 Å². The van der Waals surface area contributed by atoms with Crippen LogP contribution in [-0.2, 0) is 4.79 Å². The lowest BCUT2D eigenvalue weighted by atomic mass is 10.2. The smallest absolute Gasteiger partial charge is 0.264 e. The molecule has 134 valence electrons. The van der Waals surface area contributed by atoms with E-state index in [1.165, 1.54) is 11.8 Å². The zero-order chi connectivity index (χ0) is 18.8. The molecule has 7 heteroatoms. The Kier molecular flexibility index (Phi) is 5.07. The van der Waals surface area contributed by atoms with Crippen LogP contribution in [0.2, 0.25) is 10.0 Å². The summed E-state index contributed by atoms with van der Waals surface area (Å²) < 4.78 is 5.82. The summed E-state index contributed by atoms with van der Waals surface area (Å²) in [4.78, 5) is 17.1. The number of para-hydroxylation sites is 1. The summed E-state index contributed by atoms with van der Waals surface area (Å²) in [7, 11) is 0. The van der Waals surface area contributed by atoms with Crippen molar-refractivity contribution in [3.63, 3.8) is 0 Å². The van der Waals surface area contributed by atoms with Crippen molar-refractivity contribution in [2.24, 2.45) is 4.99 Å². The molecule has 0 aliphatic carbocycles. The van der Waals surface area contributed by atoms with Gasteiger partial charge in [-0.2, -0.15) is 0 Å². The molecule has 0 unspecified atom stereocenters. The van der Waals surface area contributed by atoms with Crippen molar-refractivity contribution in [1.82, 2.24) is 5.32 Å². The normalized spacial score (nSPS) is 16.9. The van der Waals surface area contributed by atoms with Gasteiger partial charge in [0.25, 0.3) is 5.91 Å². The van der Waals surface area contributed by atoms with Crippen molar-refractivity contribution in [1.29, 1.82) is 0 Å². The maximum atomic E-state index is 12.2. The minimum Gasteiger partial charge on any atom is -0.457 e. The van der Waals surface area contributed by atoms with Crippen molar-refractivity contribution in [3.8, 4) is 11.3 Å². The van der Waals surface area contributed by atoms with Crippen LogP contribution in [0.4, 0.5) is 5.69 Å². The Morgan fingerprint density at radius 1 is 1.04 bits per heavy atom. The fourth-order valence-electron chi connectivity index (χ4n) is 2.49. The van der Waals surface area contributed by atoms with Crippen molar-refractivity contribution >= 4 is 57.8 Å². The molecule has 1 aliphatic heterocycles. The van der Waals surface area contributed by atoms with E-state index in [9.17, 15) is 4.79 Å². The molecule has 4 rings (SSSR count). The molecule has 0 spiro atoms. The maximum absolute atomic E-state index is 12.2. The summed E-state index contributed by atoms with van der Waals surface area (Å²) in [6.07, 6.45) is 1.68. The highest BCUT2D eigenvalue weighted by Gasteiger charge is 2.24. The second-order valence-electron chi connectivity index (χ2n) is 5.64. The van der Waals surface area contributed by atoms with Crippen LogP contribution in [0.25, 0.3) is 17.4 Å². The lowest BCUT2D eigenvalue weighted by Crippen LogP contribution is -2.19. The predicted octanol–water partition coefficient (Wildman–Crippen LogP) is 6.15. The van der Waals surface area contributed by atoms with Gasteiger partial charge in [-0.15, -0.1) is 0 Å². The molecule has 2 heterocycles.